The predicted molar refractivity (Wildman–Crippen MR) is 81.6 cm³/mol. The molecule has 2 rings (SSSR count). The first-order valence-corrected chi connectivity index (χ1v) is 7.88. The van der Waals surface area contributed by atoms with Crippen molar-refractivity contribution in [2.75, 3.05) is 38.9 Å². The molecule has 1 unspecified atom stereocenters. The summed E-state index contributed by atoms with van der Waals surface area (Å²) in [5.74, 6) is -0.560. The molecule has 1 aromatic rings. The first-order chi connectivity index (χ1) is 10.1. The van der Waals surface area contributed by atoms with Crippen LogP contribution in [0.5, 0.6) is 0 Å². The first-order valence-electron chi connectivity index (χ1n) is 7.07. The molecule has 118 valence electrons. The summed E-state index contributed by atoms with van der Waals surface area (Å²) in [6, 6.07) is 0.116. The molecule has 1 aromatic heterocycles. The number of methoxy groups -OCH3 is 2. The maximum absolute atomic E-state index is 11.4. The molecule has 6 nitrogen and oxygen atoms in total. The molecule has 0 radical (unpaired) electrons. The summed E-state index contributed by atoms with van der Waals surface area (Å²) in [6.45, 7) is 3.83. The number of hydrogen-bond acceptors (Lipinski definition) is 6. The molecule has 0 aliphatic heterocycles. The summed E-state index contributed by atoms with van der Waals surface area (Å²) >= 11 is 1.25. The van der Waals surface area contributed by atoms with Crippen LogP contribution in [0.15, 0.2) is 0 Å². The van der Waals surface area contributed by atoms with E-state index in [2.05, 4.69) is 9.88 Å². The Labute approximate surface area is 128 Å². The molecule has 0 aromatic carbocycles. The van der Waals surface area contributed by atoms with Gasteiger partial charge in [0, 0.05) is 26.7 Å². The van der Waals surface area contributed by atoms with E-state index in [9.17, 15) is 9.90 Å². The van der Waals surface area contributed by atoms with E-state index in [4.69, 9.17) is 9.47 Å². The maximum Gasteiger partial charge on any atom is 0.347 e. The van der Waals surface area contributed by atoms with Crippen molar-refractivity contribution < 1.29 is 19.4 Å². The highest BCUT2D eigenvalue weighted by Gasteiger charge is 2.33. The number of aromatic nitrogens is 1. The second kappa shape index (κ2) is 7.20. The van der Waals surface area contributed by atoms with Gasteiger partial charge >= 0.3 is 5.97 Å². The van der Waals surface area contributed by atoms with Crippen molar-refractivity contribution in [1.82, 2.24) is 4.98 Å². The van der Waals surface area contributed by atoms with Crippen LogP contribution in [0.2, 0.25) is 0 Å². The quantitative estimate of drug-likeness (QED) is 0.753. The SMILES string of the molecule is COCCN(c1nc(C2CC2)c(C(=O)O)s1)C(C)COC. The third-order valence-corrected chi connectivity index (χ3v) is 4.62. The van der Waals surface area contributed by atoms with E-state index in [0.717, 1.165) is 23.7 Å². The van der Waals surface area contributed by atoms with E-state index >= 15 is 0 Å². The number of thiazole rings is 1. The number of rotatable bonds is 9. The molecule has 1 aliphatic rings. The monoisotopic (exact) mass is 314 g/mol. The fourth-order valence-corrected chi connectivity index (χ4v) is 3.37. The van der Waals surface area contributed by atoms with Crippen molar-refractivity contribution in [3.63, 3.8) is 0 Å². The van der Waals surface area contributed by atoms with Gasteiger partial charge in [0.1, 0.15) is 4.88 Å². The minimum Gasteiger partial charge on any atom is -0.477 e. The Bertz CT molecular complexity index is 487. The average Bonchev–Trinajstić information content (AvgIpc) is 3.19. The van der Waals surface area contributed by atoms with Crippen molar-refractivity contribution in [2.24, 2.45) is 0 Å². The van der Waals surface area contributed by atoms with E-state index in [1.54, 1.807) is 14.2 Å². The molecule has 1 aliphatic carbocycles. The Kier molecular flexibility index (Phi) is 5.55. The summed E-state index contributed by atoms with van der Waals surface area (Å²) in [4.78, 5) is 18.4. The molecule has 1 N–H and O–H groups in total. The molecule has 7 heteroatoms. The average molecular weight is 314 g/mol. The fraction of sp³-hybridized carbons (Fsp3) is 0.714. The lowest BCUT2D eigenvalue weighted by molar-refractivity contribution is 0.0700. The van der Waals surface area contributed by atoms with Crippen LogP contribution in [0.4, 0.5) is 5.13 Å². The molecule has 1 heterocycles. The van der Waals surface area contributed by atoms with Crippen LogP contribution in [-0.4, -0.2) is 56.1 Å². The summed E-state index contributed by atoms with van der Waals surface area (Å²) in [5, 5.41) is 10.1. The number of ether oxygens (including phenoxy) is 2. The van der Waals surface area contributed by atoms with E-state index in [1.165, 1.54) is 11.3 Å². The van der Waals surface area contributed by atoms with E-state index in [0.29, 0.717) is 30.6 Å². The maximum atomic E-state index is 11.4. The molecular weight excluding hydrogens is 292 g/mol. The fourth-order valence-electron chi connectivity index (χ4n) is 2.26. The van der Waals surface area contributed by atoms with Crippen LogP contribution in [0, 0.1) is 0 Å². The predicted octanol–water partition coefficient (Wildman–Crippen LogP) is 2.21. The Balaban J connectivity index is 2.25. The zero-order chi connectivity index (χ0) is 15.4. The molecule has 0 bridgehead atoms. The minimum absolute atomic E-state index is 0.116. The van der Waals surface area contributed by atoms with Crippen molar-refractivity contribution in [3.8, 4) is 0 Å². The third-order valence-electron chi connectivity index (χ3n) is 3.52. The van der Waals surface area contributed by atoms with Gasteiger partial charge in [-0.2, -0.15) is 0 Å². The Hall–Kier alpha value is -1.18. The Morgan fingerprint density at radius 3 is 2.71 bits per heavy atom. The van der Waals surface area contributed by atoms with Gasteiger partial charge in [-0.3, -0.25) is 0 Å². The Morgan fingerprint density at radius 1 is 1.48 bits per heavy atom. The highest BCUT2D eigenvalue weighted by atomic mass is 32.1. The Morgan fingerprint density at radius 2 is 2.19 bits per heavy atom. The number of hydrogen-bond donors (Lipinski definition) is 1. The van der Waals surface area contributed by atoms with Gasteiger partial charge in [0.15, 0.2) is 5.13 Å². The van der Waals surface area contributed by atoms with Crippen molar-refractivity contribution in [2.45, 2.75) is 31.7 Å². The van der Waals surface area contributed by atoms with Gasteiger partial charge in [0.25, 0.3) is 0 Å². The second-order valence-corrected chi connectivity index (χ2v) is 6.26. The molecule has 21 heavy (non-hydrogen) atoms. The lowest BCUT2D eigenvalue weighted by Crippen LogP contribution is -2.38. The number of carboxylic acids is 1. The number of anilines is 1. The highest BCUT2D eigenvalue weighted by molar-refractivity contribution is 7.17. The largest absolute Gasteiger partial charge is 0.477 e. The summed E-state index contributed by atoms with van der Waals surface area (Å²) < 4.78 is 10.4. The highest BCUT2D eigenvalue weighted by Crippen LogP contribution is 2.44. The van der Waals surface area contributed by atoms with Gasteiger partial charge in [0.05, 0.1) is 24.9 Å². The zero-order valence-corrected chi connectivity index (χ0v) is 13.5. The molecule has 0 amide bonds. The van der Waals surface area contributed by atoms with E-state index in [-0.39, 0.29) is 6.04 Å². The van der Waals surface area contributed by atoms with Crippen LogP contribution in [0.1, 0.15) is 41.0 Å². The summed E-state index contributed by atoms with van der Waals surface area (Å²) in [7, 11) is 3.31. The van der Waals surface area contributed by atoms with Crippen LogP contribution in [0.3, 0.4) is 0 Å². The number of nitrogens with zero attached hydrogens (tertiary/aromatic N) is 2. The van der Waals surface area contributed by atoms with Gasteiger partial charge in [0.2, 0.25) is 0 Å². The van der Waals surface area contributed by atoms with Crippen LogP contribution >= 0.6 is 11.3 Å². The van der Waals surface area contributed by atoms with E-state index < -0.39 is 5.97 Å². The van der Waals surface area contributed by atoms with Crippen LogP contribution in [-0.2, 0) is 9.47 Å². The summed E-state index contributed by atoms with van der Waals surface area (Å²) in [5.41, 5.74) is 0.745. The van der Waals surface area contributed by atoms with E-state index in [1.807, 2.05) is 6.92 Å². The molecule has 1 fully saturated rings. The van der Waals surface area contributed by atoms with Crippen molar-refractivity contribution in [3.05, 3.63) is 10.6 Å². The molecule has 1 saturated carbocycles. The summed E-state index contributed by atoms with van der Waals surface area (Å²) in [6.07, 6.45) is 2.07. The normalized spacial score (nSPS) is 16.0. The number of carboxylic acid groups (broad SMARTS) is 1. The van der Waals surface area contributed by atoms with Crippen LogP contribution < -0.4 is 4.90 Å². The van der Waals surface area contributed by atoms with Gasteiger partial charge in [-0.15, -0.1) is 0 Å². The number of aromatic carboxylic acids is 1. The molecular formula is C14H22N2O4S. The lowest BCUT2D eigenvalue weighted by Gasteiger charge is -2.28. The van der Waals surface area contributed by atoms with Crippen LogP contribution in [0.25, 0.3) is 0 Å². The molecule has 1 atom stereocenters. The minimum atomic E-state index is -0.883. The number of carbonyl (C=O) groups is 1. The smallest absolute Gasteiger partial charge is 0.347 e. The van der Waals surface area contributed by atoms with Gasteiger partial charge in [-0.05, 0) is 19.8 Å². The van der Waals surface area contributed by atoms with Crippen molar-refractivity contribution >= 4 is 22.4 Å². The van der Waals surface area contributed by atoms with Gasteiger partial charge in [-0.1, -0.05) is 11.3 Å². The van der Waals surface area contributed by atoms with Crippen molar-refractivity contribution in [1.29, 1.82) is 0 Å². The lowest BCUT2D eigenvalue weighted by atomic mass is 10.2. The zero-order valence-electron chi connectivity index (χ0n) is 12.7. The third kappa shape index (κ3) is 3.93. The standard InChI is InChI=1S/C14H22N2O4S/c1-9(8-20-3)16(6-7-19-2)14-15-11(10-4-5-10)12(21-14)13(17)18/h9-10H,4-8H2,1-3H3,(H,17,18). The van der Waals surface area contributed by atoms with Gasteiger partial charge in [-0.25, -0.2) is 9.78 Å². The molecule has 0 spiro atoms. The second-order valence-electron chi connectivity index (χ2n) is 5.28. The van der Waals surface area contributed by atoms with Gasteiger partial charge < -0.3 is 19.5 Å². The topological polar surface area (TPSA) is 71.9 Å². The molecule has 0 saturated heterocycles. The first kappa shape index (κ1) is 16.2.